The lowest BCUT2D eigenvalue weighted by Gasteiger charge is -2.11. The zero-order valence-corrected chi connectivity index (χ0v) is 10.4. The zero-order chi connectivity index (χ0) is 12.1. The summed E-state index contributed by atoms with van der Waals surface area (Å²) in [6, 6.07) is 4.75. The van der Waals surface area contributed by atoms with Crippen molar-refractivity contribution in [2.45, 2.75) is 13.0 Å². The Morgan fingerprint density at radius 1 is 1.50 bits per heavy atom. The molecule has 1 rings (SSSR count). The van der Waals surface area contributed by atoms with E-state index in [0.717, 1.165) is 0 Å². The van der Waals surface area contributed by atoms with Gasteiger partial charge in [0.2, 0.25) is 0 Å². The number of rotatable bonds is 5. The second-order valence-corrected chi connectivity index (χ2v) is 4.08. The van der Waals surface area contributed by atoms with E-state index in [1.165, 1.54) is 0 Å². The molecule has 1 aromatic carbocycles. The molecule has 0 aliphatic heterocycles. The number of hydrogen-bond donors (Lipinski definition) is 0. The van der Waals surface area contributed by atoms with Crippen LogP contribution in [0.3, 0.4) is 0 Å². The minimum atomic E-state index is -2.93. The topological polar surface area (TPSA) is 26.3 Å². The Bertz CT molecular complexity index is 385. The summed E-state index contributed by atoms with van der Waals surface area (Å²) in [4.78, 5) is 11.1. The van der Waals surface area contributed by atoms with Crippen molar-refractivity contribution in [3.63, 3.8) is 0 Å². The van der Waals surface area contributed by atoms with Crippen LogP contribution in [-0.2, 0) is 11.2 Å². The number of carbonyl (C=O) groups excluding carboxylic acids is 1. The SMILES string of the molecule is O=C(CCl)Cc1cccc(Br)c1OC(F)F. The molecule has 0 heterocycles. The molecular weight excluding hydrogens is 305 g/mol. The van der Waals surface area contributed by atoms with Gasteiger partial charge < -0.3 is 4.74 Å². The number of hydrogen-bond acceptors (Lipinski definition) is 2. The van der Waals surface area contributed by atoms with Gasteiger partial charge in [-0.3, -0.25) is 4.79 Å². The van der Waals surface area contributed by atoms with E-state index in [9.17, 15) is 13.6 Å². The fourth-order valence-electron chi connectivity index (χ4n) is 1.17. The van der Waals surface area contributed by atoms with E-state index < -0.39 is 6.61 Å². The molecule has 2 nitrogen and oxygen atoms in total. The van der Waals surface area contributed by atoms with Crippen LogP contribution in [0.15, 0.2) is 22.7 Å². The van der Waals surface area contributed by atoms with E-state index >= 15 is 0 Å². The molecule has 0 aliphatic carbocycles. The first kappa shape index (κ1) is 13.4. The number of halogens is 4. The van der Waals surface area contributed by atoms with Crippen LogP contribution in [0.2, 0.25) is 0 Å². The predicted octanol–water partition coefficient (Wildman–Crippen LogP) is 3.40. The van der Waals surface area contributed by atoms with Crippen molar-refractivity contribution >= 4 is 33.3 Å². The Kier molecular flexibility index (Phi) is 5.15. The number of carbonyl (C=O) groups is 1. The smallest absolute Gasteiger partial charge is 0.387 e. The highest BCUT2D eigenvalue weighted by atomic mass is 79.9. The molecule has 6 heteroatoms. The number of Topliss-reactive ketones (excluding diaryl/α,β-unsaturated/α-hetero) is 1. The first-order chi connectivity index (χ1) is 7.54. The molecule has 0 bridgehead atoms. The molecule has 16 heavy (non-hydrogen) atoms. The van der Waals surface area contributed by atoms with E-state index in [1.54, 1.807) is 18.2 Å². The molecule has 0 atom stereocenters. The lowest BCUT2D eigenvalue weighted by Crippen LogP contribution is -2.09. The van der Waals surface area contributed by atoms with Gasteiger partial charge in [-0.2, -0.15) is 8.78 Å². The average molecular weight is 314 g/mol. The van der Waals surface area contributed by atoms with Gasteiger partial charge in [0.25, 0.3) is 0 Å². The summed E-state index contributed by atoms with van der Waals surface area (Å²) in [6.45, 7) is -2.93. The Labute approximate surface area is 105 Å². The standard InChI is InChI=1S/C10H8BrClF2O2/c11-8-3-1-2-6(4-7(15)5-12)9(8)16-10(13)14/h1-3,10H,4-5H2. The third-order valence-corrected chi connectivity index (χ3v) is 2.71. The Balaban J connectivity index is 2.98. The first-order valence-electron chi connectivity index (χ1n) is 4.34. The minimum Gasteiger partial charge on any atom is -0.433 e. The first-order valence-corrected chi connectivity index (χ1v) is 5.67. The van der Waals surface area contributed by atoms with E-state index in [1.807, 2.05) is 0 Å². The summed E-state index contributed by atoms with van der Waals surface area (Å²) in [6.07, 6.45) is -0.0228. The van der Waals surface area contributed by atoms with Gasteiger partial charge in [0.1, 0.15) is 5.75 Å². The van der Waals surface area contributed by atoms with Crippen molar-refractivity contribution < 1.29 is 18.3 Å². The maximum Gasteiger partial charge on any atom is 0.387 e. The zero-order valence-electron chi connectivity index (χ0n) is 8.05. The van der Waals surface area contributed by atoms with Gasteiger partial charge in [-0.1, -0.05) is 12.1 Å². The van der Waals surface area contributed by atoms with Crippen molar-refractivity contribution in [1.82, 2.24) is 0 Å². The highest BCUT2D eigenvalue weighted by Crippen LogP contribution is 2.30. The normalized spacial score (nSPS) is 10.6. The predicted molar refractivity (Wildman–Crippen MR) is 60.2 cm³/mol. The van der Waals surface area contributed by atoms with Crippen molar-refractivity contribution in [3.8, 4) is 5.75 Å². The lowest BCUT2D eigenvalue weighted by atomic mass is 10.1. The molecule has 0 spiro atoms. The number of benzene rings is 1. The molecule has 0 N–H and O–H groups in total. The second kappa shape index (κ2) is 6.15. The molecule has 1 aromatic rings. The quantitative estimate of drug-likeness (QED) is 0.779. The summed E-state index contributed by atoms with van der Waals surface area (Å²) in [5.41, 5.74) is 0.389. The van der Waals surface area contributed by atoms with Crippen LogP contribution in [0, 0.1) is 0 Å². The minimum absolute atomic E-state index is 0.0176. The molecule has 0 amide bonds. The maximum atomic E-state index is 12.1. The Morgan fingerprint density at radius 3 is 2.75 bits per heavy atom. The van der Waals surface area contributed by atoms with Crippen molar-refractivity contribution in [1.29, 1.82) is 0 Å². The summed E-state index contributed by atoms with van der Waals surface area (Å²) >= 11 is 8.43. The summed E-state index contributed by atoms with van der Waals surface area (Å²) in [7, 11) is 0. The summed E-state index contributed by atoms with van der Waals surface area (Å²) in [5.74, 6) is -0.421. The van der Waals surface area contributed by atoms with Gasteiger partial charge in [-0.15, -0.1) is 11.6 Å². The van der Waals surface area contributed by atoms with Crippen LogP contribution in [0.4, 0.5) is 8.78 Å². The van der Waals surface area contributed by atoms with Crippen molar-refractivity contribution in [2.75, 3.05) is 5.88 Å². The summed E-state index contributed by atoms with van der Waals surface area (Å²) < 4.78 is 29.0. The van der Waals surface area contributed by atoms with E-state index in [2.05, 4.69) is 20.7 Å². The molecule has 0 aliphatic rings. The van der Waals surface area contributed by atoms with Crippen LogP contribution in [-0.4, -0.2) is 18.3 Å². The largest absolute Gasteiger partial charge is 0.433 e. The fraction of sp³-hybridized carbons (Fsp3) is 0.300. The van der Waals surface area contributed by atoms with Gasteiger partial charge in [0, 0.05) is 12.0 Å². The molecule has 0 radical (unpaired) electrons. The Morgan fingerprint density at radius 2 is 2.19 bits per heavy atom. The van der Waals surface area contributed by atoms with Gasteiger partial charge >= 0.3 is 6.61 Å². The molecule has 88 valence electrons. The fourth-order valence-corrected chi connectivity index (χ4v) is 1.77. The van der Waals surface area contributed by atoms with E-state index in [4.69, 9.17) is 11.6 Å². The molecular formula is C10H8BrClF2O2. The van der Waals surface area contributed by atoms with Gasteiger partial charge in [0.15, 0.2) is 5.78 Å². The van der Waals surface area contributed by atoms with Crippen LogP contribution in [0.1, 0.15) is 5.56 Å². The molecule has 0 aromatic heterocycles. The molecule has 0 saturated heterocycles. The average Bonchev–Trinajstić information content (AvgIpc) is 2.22. The maximum absolute atomic E-state index is 12.1. The van der Waals surface area contributed by atoms with Crippen LogP contribution in [0.25, 0.3) is 0 Å². The highest BCUT2D eigenvalue weighted by molar-refractivity contribution is 9.10. The number of alkyl halides is 3. The van der Waals surface area contributed by atoms with Gasteiger partial charge in [0.05, 0.1) is 10.4 Å². The second-order valence-electron chi connectivity index (χ2n) is 2.96. The molecule has 0 saturated carbocycles. The van der Waals surface area contributed by atoms with E-state index in [0.29, 0.717) is 10.0 Å². The molecule has 0 unspecified atom stereocenters. The monoisotopic (exact) mass is 312 g/mol. The van der Waals surface area contributed by atoms with E-state index in [-0.39, 0.29) is 23.8 Å². The number of ether oxygens (including phenoxy) is 1. The third-order valence-electron chi connectivity index (χ3n) is 1.79. The van der Waals surface area contributed by atoms with Crippen LogP contribution in [0.5, 0.6) is 5.75 Å². The van der Waals surface area contributed by atoms with Gasteiger partial charge in [-0.25, -0.2) is 0 Å². The van der Waals surface area contributed by atoms with Crippen molar-refractivity contribution in [2.24, 2.45) is 0 Å². The van der Waals surface area contributed by atoms with Crippen molar-refractivity contribution in [3.05, 3.63) is 28.2 Å². The Hall–Kier alpha value is -0.680. The van der Waals surface area contributed by atoms with Crippen LogP contribution < -0.4 is 4.74 Å². The third kappa shape index (κ3) is 3.72. The number of ketones is 1. The highest BCUT2D eigenvalue weighted by Gasteiger charge is 2.15. The summed E-state index contributed by atoms with van der Waals surface area (Å²) in [5, 5.41) is 0. The lowest BCUT2D eigenvalue weighted by molar-refractivity contribution is -0.116. The number of para-hydroxylation sites is 1. The van der Waals surface area contributed by atoms with Gasteiger partial charge in [-0.05, 0) is 22.0 Å². The van der Waals surface area contributed by atoms with Crippen LogP contribution >= 0.6 is 27.5 Å². The molecule has 0 fully saturated rings.